The van der Waals surface area contributed by atoms with Crippen LogP contribution in [0.3, 0.4) is 0 Å². The number of nitrogens with two attached hydrogens (primary N) is 1. The van der Waals surface area contributed by atoms with Crippen LogP contribution in [-0.4, -0.2) is 34.7 Å². The van der Waals surface area contributed by atoms with Crippen LogP contribution in [0, 0.1) is 0 Å². The molecule has 4 rings (SSSR count). The van der Waals surface area contributed by atoms with Crippen LogP contribution in [0.25, 0.3) is 0 Å². The normalized spacial score (nSPS) is 27.5. The molecule has 1 heterocycles. The number of primary amides is 1. The lowest BCUT2D eigenvalue weighted by atomic mass is 9.46. The molecule has 3 saturated carbocycles. The molecule has 0 radical (unpaired) electrons. The van der Waals surface area contributed by atoms with Gasteiger partial charge in [-0.15, -0.1) is 0 Å². The van der Waals surface area contributed by atoms with Gasteiger partial charge in [0.25, 0.3) is 5.91 Å². The van der Waals surface area contributed by atoms with Crippen LogP contribution in [0.5, 0.6) is 5.75 Å². The van der Waals surface area contributed by atoms with E-state index in [1.54, 1.807) is 0 Å². The van der Waals surface area contributed by atoms with Gasteiger partial charge in [0, 0.05) is 19.3 Å². The number of nitrogens with zero attached hydrogens (tertiary/aromatic N) is 1. The third kappa shape index (κ3) is 3.08. The summed E-state index contributed by atoms with van der Waals surface area (Å²) in [5, 5.41) is 2.77. The lowest BCUT2D eigenvalue weighted by Crippen LogP contribution is -2.80. The fourth-order valence-electron chi connectivity index (χ4n) is 3.26. The molecule has 2 bridgehead atoms. The second-order valence-electron chi connectivity index (χ2n) is 6.13. The molecule has 2 amide bonds. The van der Waals surface area contributed by atoms with Crippen LogP contribution in [0.4, 0.5) is 18.0 Å². The number of amides is 2. The second-order valence-corrected chi connectivity index (χ2v) is 6.13. The Morgan fingerprint density at radius 3 is 2.46 bits per heavy atom. The Bertz CT molecular complexity index is 655. The highest BCUT2D eigenvalue weighted by molar-refractivity contribution is 5.79. The molecule has 0 unspecified atom stereocenters. The average molecular weight is 345 g/mol. The molecule has 0 aliphatic heterocycles. The maximum absolute atomic E-state index is 12.4. The first-order valence-corrected chi connectivity index (χ1v) is 7.07. The summed E-state index contributed by atoms with van der Waals surface area (Å²) in [4.78, 5) is 25.8. The van der Waals surface area contributed by atoms with E-state index in [2.05, 4.69) is 10.3 Å². The van der Waals surface area contributed by atoms with E-state index >= 15 is 0 Å². The minimum atomic E-state index is -4.52. The second kappa shape index (κ2) is 5.25. The van der Waals surface area contributed by atoms with Gasteiger partial charge < -0.3 is 20.5 Å². The molecule has 3 N–H and O–H groups in total. The number of carbonyl (C=O) groups excluding carboxylic acids is 2. The minimum Gasteiger partial charge on any atom is -0.482 e. The maximum atomic E-state index is 12.4. The molecule has 24 heavy (non-hydrogen) atoms. The molecular weight excluding hydrogens is 331 g/mol. The highest BCUT2D eigenvalue weighted by Crippen LogP contribution is 2.62. The molecule has 0 aromatic carbocycles. The van der Waals surface area contributed by atoms with Crippen LogP contribution < -0.4 is 15.8 Å². The third-order valence-corrected chi connectivity index (χ3v) is 4.10. The minimum absolute atomic E-state index is 0.0595. The maximum Gasteiger partial charge on any atom is 0.433 e. The molecule has 3 fully saturated rings. The van der Waals surface area contributed by atoms with Crippen molar-refractivity contribution in [1.82, 2.24) is 10.3 Å². The lowest BCUT2D eigenvalue weighted by Gasteiger charge is -2.68. The number of rotatable bonds is 5. The number of halogens is 3. The first-order chi connectivity index (χ1) is 11.1. The Morgan fingerprint density at radius 1 is 1.29 bits per heavy atom. The summed E-state index contributed by atoms with van der Waals surface area (Å²) in [5.41, 5.74) is 2.96. The van der Waals surface area contributed by atoms with Crippen LogP contribution in [0.1, 0.15) is 25.0 Å². The number of nitrogens with one attached hydrogen (secondary N) is 1. The summed E-state index contributed by atoms with van der Waals surface area (Å²) in [6.07, 6.45) is -2.97. The van der Waals surface area contributed by atoms with Gasteiger partial charge in [-0.1, -0.05) is 0 Å². The molecule has 3 aliphatic rings. The summed E-state index contributed by atoms with van der Waals surface area (Å²) in [5.74, 6) is -0.355. The first kappa shape index (κ1) is 16.3. The topological polar surface area (TPSA) is 104 Å². The lowest BCUT2D eigenvalue weighted by molar-refractivity contribution is -0.218. The van der Waals surface area contributed by atoms with E-state index in [0.717, 1.165) is 18.3 Å². The number of ether oxygens (including phenoxy) is 2. The van der Waals surface area contributed by atoms with Crippen molar-refractivity contribution in [2.24, 2.45) is 5.73 Å². The fraction of sp³-hybridized carbons (Fsp3) is 0.500. The summed E-state index contributed by atoms with van der Waals surface area (Å²) in [7, 11) is 0. The highest BCUT2D eigenvalue weighted by Gasteiger charge is 2.71. The number of hydrogen-bond acceptors (Lipinski definition) is 5. The zero-order chi connectivity index (χ0) is 17.6. The fourth-order valence-corrected chi connectivity index (χ4v) is 3.26. The van der Waals surface area contributed by atoms with Gasteiger partial charge in [0.05, 0.1) is 11.7 Å². The average Bonchev–Trinajstić information content (AvgIpc) is 2.40. The molecule has 1 aromatic heterocycles. The third-order valence-electron chi connectivity index (χ3n) is 4.10. The predicted octanol–water partition coefficient (Wildman–Crippen LogP) is 1.37. The summed E-state index contributed by atoms with van der Waals surface area (Å²) in [6.45, 7) is -0.349. The van der Waals surface area contributed by atoms with E-state index in [1.807, 2.05) is 0 Å². The zero-order valence-electron chi connectivity index (χ0n) is 12.4. The standard InChI is InChI=1S/C14H14F3N3O4/c15-14(16,17)9-2-1-8(3-19-9)23-4-10(21)20-12-5-13(6-12,7-12)24-11(18)22/h1-3H,4-7H2,(H2,18,22)(H,20,21). The first-order valence-electron chi connectivity index (χ1n) is 7.07. The molecule has 3 aliphatic carbocycles. The molecule has 0 atom stereocenters. The quantitative estimate of drug-likeness (QED) is 0.839. The van der Waals surface area contributed by atoms with E-state index in [0.29, 0.717) is 19.3 Å². The largest absolute Gasteiger partial charge is 0.482 e. The Balaban J connectivity index is 1.44. The van der Waals surface area contributed by atoms with Gasteiger partial charge >= 0.3 is 12.3 Å². The number of carbonyl (C=O) groups is 2. The Kier molecular flexibility index (Phi) is 3.57. The van der Waals surface area contributed by atoms with Crippen LogP contribution in [-0.2, 0) is 15.7 Å². The summed E-state index contributed by atoms with van der Waals surface area (Å²) in [6, 6.07) is 1.87. The SMILES string of the molecule is NC(=O)OC12CC(NC(=O)COc3ccc(C(F)(F)F)nc3)(C1)C2. The van der Waals surface area contributed by atoms with Crippen molar-refractivity contribution in [2.75, 3.05) is 6.61 Å². The Labute approximate surface area is 134 Å². The van der Waals surface area contributed by atoms with Gasteiger partial charge in [-0.2, -0.15) is 13.2 Å². The van der Waals surface area contributed by atoms with E-state index in [9.17, 15) is 22.8 Å². The van der Waals surface area contributed by atoms with Crippen LogP contribution >= 0.6 is 0 Å². The number of aromatic nitrogens is 1. The van der Waals surface area contributed by atoms with Crippen LogP contribution in [0.2, 0.25) is 0 Å². The molecule has 0 spiro atoms. The van der Waals surface area contributed by atoms with Crippen molar-refractivity contribution in [3.05, 3.63) is 24.0 Å². The number of alkyl halides is 3. The van der Waals surface area contributed by atoms with Crippen molar-refractivity contribution in [2.45, 2.75) is 36.6 Å². The number of hydrogen-bond donors (Lipinski definition) is 2. The predicted molar refractivity (Wildman–Crippen MR) is 72.9 cm³/mol. The zero-order valence-corrected chi connectivity index (χ0v) is 12.4. The van der Waals surface area contributed by atoms with Crippen molar-refractivity contribution in [3.63, 3.8) is 0 Å². The van der Waals surface area contributed by atoms with Gasteiger partial charge in [0.2, 0.25) is 0 Å². The van der Waals surface area contributed by atoms with Crippen molar-refractivity contribution >= 4 is 12.0 Å². The van der Waals surface area contributed by atoms with Gasteiger partial charge in [-0.25, -0.2) is 9.78 Å². The van der Waals surface area contributed by atoms with Crippen molar-refractivity contribution in [1.29, 1.82) is 0 Å². The highest BCUT2D eigenvalue weighted by atomic mass is 19.4. The van der Waals surface area contributed by atoms with Gasteiger partial charge in [0.15, 0.2) is 6.61 Å². The van der Waals surface area contributed by atoms with Crippen molar-refractivity contribution < 1.29 is 32.2 Å². The molecule has 130 valence electrons. The summed E-state index contributed by atoms with van der Waals surface area (Å²) < 4.78 is 47.2. The molecule has 1 aromatic rings. The smallest absolute Gasteiger partial charge is 0.433 e. The Hall–Kier alpha value is -2.52. The van der Waals surface area contributed by atoms with E-state index in [1.165, 1.54) is 0 Å². The molecular formula is C14H14F3N3O4. The van der Waals surface area contributed by atoms with Gasteiger partial charge in [-0.3, -0.25) is 4.79 Å². The molecule has 10 heteroatoms. The molecule has 7 nitrogen and oxygen atoms in total. The Morgan fingerprint density at radius 2 is 1.96 bits per heavy atom. The van der Waals surface area contributed by atoms with E-state index in [-0.39, 0.29) is 12.4 Å². The van der Waals surface area contributed by atoms with Gasteiger partial charge in [-0.05, 0) is 12.1 Å². The van der Waals surface area contributed by atoms with Gasteiger partial charge in [0.1, 0.15) is 17.0 Å². The van der Waals surface area contributed by atoms with E-state index < -0.39 is 35.0 Å². The van der Waals surface area contributed by atoms with Crippen LogP contribution in [0.15, 0.2) is 18.3 Å². The van der Waals surface area contributed by atoms with Crippen molar-refractivity contribution in [3.8, 4) is 5.75 Å². The number of pyridine rings is 1. The van der Waals surface area contributed by atoms with E-state index in [4.69, 9.17) is 15.2 Å². The monoisotopic (exact) mass is 345 g/mol. The molecule has 0 saturated heterocycles. The summed E-state index contributed by atoms with van der Waals surface area (Å²) >= 11 is 0.